The van der Waals surface area contributed by atoms with Crippen molar-refractivity contribution in [2.45, 2.75) is 13.8 Å². The van der Waals surface area contributed by atoms with Gasteiger partial charge in [0.15, 0.2) is 0 Å². The van der Waals surface area contributed by atoms with Crippen LogP contribution in [-0.4, -0.2) is 34.5 Å². The van der Waals surface area contributed by atoms with Crippen molar-refractivity contribution in [3.05, 3.63) is 82.0 Å². The van der Waals surface area contributed by atoms with Crippen LogP contribution in [0.4, 0.5) is 10.5 Å². The Bertz CT molecular complexity index is 1340. The minimum atomic E-state index is -1.29. The summed E-state index contributed by atoms with van der Waals surface area (Å²) in [7, 11) is 0. The van der Waals surface area contributed by atoms with Crippen molar-refractivity contribution in [3.63, 3.8) is 0 Å². The van der Waals surface area contributed by atoms with E-state index in [0.29, 0.717) is 40.1 Å². The molecule has 1 aliphatic rings. The molecule has 9 heteroatoms. The number of nitrogens with zero attached hydrogens (tertiary/aromatic N) is 1. The summed E-state index contributed by atoms with van der Waals surface area (Å²) in [6.07, 6.45) is 1.42. The number of carboxylic acid groups (broad SMARTS) is 1. The summed E-state index contributed by atoms with van der Waals surface area (Å²) in [6.45, 7) is 3.16. The third kappa shape index (κ3) is 4.79. The second kappa shape index (κ2) is 9.40. The summed E-state index contributed by atoms with van der Waals surface area (Å²) >= 11 is 0.714. The van der Waals surface area contributed by atoms with Gasteiger partial charge in [0.2, 0.25) is 5.91 Å². The van der Waals surface area contributed by atoms with E-state index in [1.54, 1.807) is 43.3 Å². The van der Waals surface area contributed by atoms with Crippen LogP contribution in [0.25, 0.3) is 17.4 Å². The first-order chi connectivity index (χ1) is 16.2. The van der Waals surface area contributed by atoms with Crippen molar-refractivity contribution >= 4 is 46.5 Å². The highest BCUT2D eigenvalue weighted by Crippen LogP contribution is 2.34. The molecule has 1 N–H and O–H groups in total. The minimum Gasteiger partial charge on any atom is -0.545 e. The smallest absolute Gasteiger partial charge is 0.294 e. The van der Waals surface area contributed by atoms with Crippen molar-refractivity contribution in [1.29, 1.82) is 0 Å². The number of aryl methyl sites for hydroxylation is 1. The van der Waals surface area contributed by atoms with E-state index in [4.69, 9.17) is 4.42 Å². The Morgan fingerprint density at radius 1 is 1.06 bits per heavy atom. The molecule has 1 aromatic heterocycles. The number of benzene rings is 2. The number of amides is 3. The fourth-order valence-corrected chi connectivity index (χ4v) is 4.26. The summed E-state index contributed by atoms with van der Waals surface area (Å²) in [5, 5.41) is 13.4. The van der Waals surface area contributed by atoms with Gasteiger partial charge in [-0.05, 0) is 55.4 Å². The molecule has 34 heavy (non-hydrogen) atoms. The maximum atomic E-state index is 12.7. The van der Waals surface area contributed by atoms with Gasteiger partial charge in [0.1, 0.15) is 18.1 Å². The Balaban J connectivity index is 1.48. The second-order valence-electron chi connectivity index (χ2n) is 7.65. The van der Waals surface area contributed by atoms with Gasteiger partial charge in [-0.25, -0.2) is 0 Å². The van der Waals surface area contributed by atoms with Crippen LogP contribution in [0, 0.1) is 13.8 Å². The second-order valence-corrected chi connectivity index (χ2v) is 8.64. The van der Waals surface area contributed by atoms with Gasteiger partial charge in [-0.3, -0.25) is 19.3 Å². The molecule has 2 heterocycles. The first-order valence-corrected chi connectivity index (χ1v) is 11.1. The van der Waals surface area contributed by atoms with Gasteiger partial charge in [0, 0.05) is 22.9 Å². The number of hydrogen-bond acceptors (Lipinski definition) is 7. The van der Waals surface area contributed by atoms with E-state index in [0.717, 1.165) is 10.5 Å². The van der Waals surface area contributed by atoms with Gasteiger partial charge in [-0.2, -0.15) is 0 Å². The third-order valence-corrected chi connectivity index (χ3v) is 6.14. The zero-order valence-corrected chi connectivity index (χ0v) is 19.1. The molecule has 1 aliphatic heterocycles. The number of hydrogen-bond donors (Lipinski definition) is 1. The van der Waals surface area contributed by atoms with Crippen molar-refractivity contribution in [1.82, 2.24) is 4.90 Å². The molecule has 0 atom stereocenters. The van der Waals surface area contributed by atoms with Gasteiger partial charge in [-0.1, -0.05) is 35.9 Å². The van der Waals surface area contributed by atoms with Gasteiger partial charge in [-0.15, -0.1) is 0 Å². The van der Waals surface area contributed by atoms with Crippen molar-refractivity contribution in [2.75, 3.05) is 11.9 Å². The van der Waals surface area contributed by atoms with E-state index in [-0.39, 0.29) is 10.5 Å². The SMILES string of the molecule is Cc1ccc(NC(=O)CN2C(=O)S/C(=C\c3ccc(-c4cccc(C(=O)[O-])c4C)o3)C2=O)cc1. The van der Waals surface area contributed by atoms with E-state index >= 15 is 0 Å². The molecule has 2 aromatic carbocycles. The standard InChI is InChI=1S/C25H20N2O6S/c1-14-6-8-16(9-7-14)26-22(28)13-27-23(29)21(34-25(27)32)12-17-10-11-20(33-17)18-4-3-5-19(15(18)2)24(30)31/h3-12H,13H2,1-2H3,(H,26,28)(H,30,31)/p-1/b21-12-. The van der Waals surface area contributed by atoms with E-state index in [1.807, 2.05) is 19.1 Å². The average molecular weight is 476 g/mol. The van der Waals surface area contributed by atoms with E-state index < -0.39 is 29.6 Å². The zero-order chi connectivity index (χ0) is 24.4. The molecule has 3 amide bonds. The molecule has 0 spiro atoms. The molecule has 0 aliphatic carbocycles. The Morgan fingerprint density at radius 2 is 1.79 bits per heavy atom. The number of carboxylic acids is 1. The van der Waals surface area contributed by atoms with Gasteiger partial charge in [0.05, 0.1) is 10.9 Å². The maximum Gasteiger partial charge on any atom is 0.294 e. The highest BCUT2D eigenvalue weighted by molar-refractivity contribution is 8.18. The first kappa shape index (κ1) is 23.1. The van der Waals surface area contributed by atoms with Crippen LogP contribution < -0.4 is 10.4 Å². The number of imide groups is 1. The number of carbonyl (C=O) groups excluding carboxylic acids is 4. The van der Waals surface area contributed by atoms with E-state index in [9.17, 15) is 24.3 Å². The molecule has 1 fully saturated rings. The van der Waals surface area contributed by atoms with Gasteiger partial charge >= 0.3 is 0 Å². The molecule has 1 saturated heterocycles. The van der Waals surface area contributed by atoms with Crippen molar-refractivity contribution in [3.8, 4) is 11.3 Å². The third-order valence-electron chi connectivity index (χ3n) is 5.23. The van der Waals surface area contributed by atoms with Gasteiger partial charge < -0.3 is 19.6 Å². The molecule has 0 saturated carbocycles. The lowest BCUT2D eigenvalue weighted by Crippen LogP contribution is -2.36. The topological polar surface area (TPSA) is 120 Å². The average Bonchev–Trinajstić information content (AvgIpc) is 3.35. The number of carbonyl (C=O) groups is 4. The fourth-order valence-electron chi connectivity index (χ4n) is 3.45. The number of nitrogens with one attached hydrogen (secondary N) is 1. The summed E-state index contributed by atoms with van der Waals surface area (Å²) in [6, 6.07) is 15.2. The maximum absolute atomic E-state index is 12.7. The van der Waals surface area contributed by atoms with Crippen LogP contribution in [-0.2, 0) is 9.59 Å². The molecular formula is C25H19N2O6S-. The van der Waals surface area contributed by atoms with Crippen LogP contribution in [0.3, 0.4) is 0 Å². The molecule has 4 rings (SSSR count). The van der Waals surface area contributed by atoms with Crippen LogP contribution in [0.1, 0.15) is 27.2 Å². The predicted molar refractivity (Wildman–Crippen MR) is 126 cm³/mol. The van der Waals surface area contributed by atoms with Gasteiger partial charge in [0.25, 0.3) is 11.1 Å². The van der Waals surface area contributed by atoms with Crippen molar-refractivity contribution in [2.24, 2.45) is 0 Å². The van der Waals surface area contributed by atoms with E-state index in [2.05, 4.69) is 5.32 Å². The molecule has 0 unspecified atom stereocenters. The summed E-state index contributed by atoms with van der Waals surface area (Å²) in [5.74, 6) is -1.66. The van der Waals surface area contributed by atoms with E-state index in [1.165, 1.54) is 12.1 Å². The monoisotopic (exact) mass is 475 g/mol. The minimum absolute atomic E-state index is 0.0560. The van der Waals surface area contributed by atoms with Crippen LogP contribution in [0.5, 0.6) is 0 Å². The summed E-state index contributed by atoms with van der Waals surface area (Å²) in [4.78, 5) is 49.7. The number of anilines is 1. The number of furan rings is 1. The highest BCUT2D eigenvalue weighted by Gasteiger charge is 2.36. The van der Waals surface area contributed by atoms with Crippen LogP contribution in [0.15, 0.2) is 63.9 Å². The van der Waals surface area contributed by atoms with Crippen LogP contribution in [0.2, 0.25) is 0 Å². The lowest BCUT2D eigenvalue weighted by molar-refractivity contribution is -0.255. The molecule has 0 bridgehead atoms. The number of rotatable bonds is 6. The Labute approximate surface area is 199 Å². The molecular weight excluding hydrogens is 456 g/mol. The summed E-state index contributed by atoms with van der Waals surface area (Å²) < 4.78 is 5.77. The number of aromatic carboxylic acids is 1. The lowest BCUT2D eigenvalue weighted by atomic mass is 10.0. The zero-order valence-electron chi connectivity index (χ0n) is 18.3. The molecule has 0 radical (unpaired) electrons. The Kier molecular flexibility index (Phi) is 6.38. The van der Waals surface area contributed by atoms with Crippen LogP contribution >= 0.6 is 11.8 Å². The Morgan fingerprint density at radius 3 is 2.50 bits per heavy atom. The first-order valence-electron chi connectivity index (χ1n) is 10.3. The summed E-state index contributed by atoms with van der Waals surface area (Å²) in [5.41, 5.74) is 2.72. The molecule has 172 valence electrons. The predicted octanol–water partition coefficient (Wildman–Crippen LogP) is 3.60. The normalized spacial score (nSPS) is 14.6. The largest absolute Gasteiger partial charge is 0.545 e. The molecule has 8 nitrogen and oxygen atoms in total. The highest BCUT2D eigenvalue weighted by atomic mass is 32.2. The molecule has 3 aromatic rings. The lowest BCUT2D eigenvalue weighted by Gasteiger charge is -2.12. The quantitative estimate of drug-likeness (QED) is 0.541. The number of thioether (sulfide) groups is 1. The van der Waals surface area contributed by atoms with Crippen molar-refractivity contribution < 1.29 is 28.7 Å². The Hall–Kier alpha value is -4.11. The fraction of sp³-hybridized carbons (Fsp3) is 0.120.